The molecule has 41 heavy (non-hydrogen) atoms. The number of piperazine rings is 1. The van der Waals surface area contributed by atoms with Crippen LogP contribution in [0.5, 0.6) is 0 Å². The minimum atomic E-state index is -5.66. The van der Waals surface area contributed by atoms with Crippen molar-refractivity contribution in [1.29, 1.82) is 0 Å². The third-order valence-electron chi connectivity index (χ3n) is 6.34. The molecule has 0 aliphatic carbocycles. The Morgan fingerprint density at radius 3 is 2.27 bits per heavy atom. The average Bonchev–Trinajstić information content (AvgIpc) is 3.25. The maximum Gasteiger partial charge on any atom is 0.510 e. The molecule has 2 fully saturated rings. The molecule has 2 saturated heterocycles. The van der Waals surface area contributed by atoms with Gasteiger partial charge in [0.25, 0.3) is 5.91 Å². The molecule has 3 amide bonds. The maximum atomic E-state index is 15.0. The van der Waals surface area contributed by atoms with Crippen molar-refractivity contribution in [3.63, 3.8) is 0 Å². The zero-order valence-corrected chi connectivity index (χ0v) is 23.6. The predicted octanol–water partition coefficient (Wildman–Crippen LogP) is 0.118. The van der Waals surface area contributed by atoms with Crippen molar-refractivity contribution in [3.05, 3.63) is 24.0 Å². The van der Waals surface area contributed by atoms with Crippen LogP contribution in [0.4, 0.5) is 25.4 Å². The number of ether oxygens (including phenoxy) is 3. The molecule has 3 rings (SSSR count). The van der Waals surface area contributed by atoms with Gasteiger partial charge in [0.2, 0.25) is 5.91 Å². The monoisotopic (exact) mass is 626 g/mol. The van der Waals surface area contributed by atoms with Gasteiger partial charge in [-0.25, -0.2) is 14.0 Å². The molecule has 5 N–H and O–H groups in total. The molecule has 0 aromatic heterocycles. The van der Waals surface area contributed by atoms with Crippen LogP contribution in [0.2, 0.25) is 0 Å². The highest BCUT2D eigenvalue weighted by molar-refractivity contribution is 7.72. The van der Waals surface area contributed by atoms with Crippen LogP contribution in [0.25, 0.3) is 0 Å². The van der Waals surface area contributed by atoms with Gasteiger partial charge in [0.15, 0.2) is 6.61 Å². The number of benzene rings is 1. The summed E-state index contributed by atoms with van der Waals surface area (Å²) >= 11 is 0. The molecule has 17 nitrogen and oxygen atoms in total. The summed E-state index contributed by atoms with van der Waals surface area (Å²) in [5.74, 6) is -1.66. The predicted molar refractivity (Wildman–Crippen MR) is 136 cm³/mol. The Morgan fingerprint density at radius 1 is 1.12 bits per heavy atom. The van der Waals surface area contributed by atoms with E-state index >= 15 is 0 Å². The summed E-state index contributed by atoms with van der Waals surface area (Å²) in [6.07, 6.45) is -3.15. The Hall–Kier alpha value is -3.27. The normalized spacial score (nSPS) is 18.2. The number of cyclic esters (lactones) is 1. The summed E-state index contributed by atoms with van der Waals surface area (Å²) in [5, 5.41) is -0.956. The van der Waals surface area contributed by atoms with Crippen molar-refractivity contribution in [2.24, 2.45) is 0 Å². The van der Waals surface area contributed by atoms with Crippen molar-refractivity contribution >= 4 is 50.6 Å². The second-order valence-electron chi connectivity index (χ2n) is 9.22. The summed E-state index contributed by atoms with van der Waals surface area (Å²) in [4.78, 5) is 88.5. The van der Waals surface area contributed by atoms with E-state index in [1.807, 2.05) is 0 Å². The number of anilines is 2. The van der Waals surface area contributed by atoms with Gasteiger partial charge in [0.1, 0.15) is 11.9 Å². The highest BCUT2D eigenvalue weighted by Crippen LogP contribution is 2.69. The minimum absolute atomic E-state index is 0.0738. The molecular weight excluding hydrogens is 597 g/mol. The number of amides is 3. The zero-order chi connectivity index (χ0) is 30.8. The van der Waals surface area contributed by atoms with Gasteiger partial charge in [-0.3, -0.25) is 23.6 Å². The fourth-order valence-electron chi connectivity index (χ4n) is 3.90. The number of carbonyl (C=O) groups is 4. The van der Waals surface area contributed by atoms with E-state index in [0.29, 0.717) is 6.92 Å². The first-order valence-corrected chi connectivity index (χ1v) is 15.2. The van der Waals surface area contributed by atoms with Crippen LogP contribution in [-0.2, 0) is 32.9 Å². The van der Waals surface area contributed by atoms with E-state index in [4.69, 9.17) is 4.74 Å². The Morgan fingerprint density at radius 2 is 1.73 bits per heavy atom. The van der Waals surface area contributed by atoms with Crippen LogP contribution in [-0.4, -0.2) is 106 Å². The molecular formula is C21H29FN4O13P2. The standard InChI is InChI=1S/C21H29FN4O13P2/c1-13(27)23-10-15-11-26(19(29)38-15)14-3-4-17(16(22)9-14)24-5-7-25(8-6-24)18(28)12-37-20(30)39-21(2,40(31,32)33)41(34,35)36/h3-4,9,15H,5-8,10-12H2,1-2H3,(H,23,27)(H2,31,32,33)(H2,34,35,36)/t15-/m0/s1. The van der Waals surface area contributed by atoms with E-state index in [0.717, 1.165) is 6.07 Å². The lowest BCUT2D eigenvalue weighted by Gasteiger charge is -2.36. The molecule has 228 valence electrons. The molecule has 20 heteroatoms. The minimum Gasteiger partial charge on any atom is -0.442 e. The highest BCUT2D eigenvalue weighted by Gasteiger charge is 2.61. The van der Waals surface area contributed by atoms with Crippen LogP contribution in [0.1, 0.15) is 13.8 Å². The number of hydrogen-bond donors (Lipinski definition) is 5. The van der Waals surface area contributed by atoms with E-state index in [1.165, 1.54) is 28.9 Å². The van der Waals surface area contributed by atoms with E-state index in [-0.39, 0.29) is 56.6 Å². The van der Waals surface area contributed by atoms with Crippen molar-refractivity contribution in [3.8, 4) is 0 Å². The molecule has 1 aromatic carbocycles. The fourth-order valence-corrected chi connectivity index (χ4v) is 5.65. The molecule has 1 atom stereocenters. The summed E-state index contributed by atoms with van der Waals surface area (Å²) in [6, 6.07) is 4.16. The zero-order valence-electron chi connectivity index (χ0n) is 21.8. The van der Waals surface area contributed by atoms with Crippen LogP contribution in [0.3, 0.4) is 0 Å². The van der Waals surface area contributed by atoms with Gasteiger partial charge in [-0.15, -0.1) is 0 Å². The summed E-state index contributed by atoms with van der Waals surface area (Å²) in [6.45, 7) is 1.44. The van der Waals surface area contributed by atoms with E-state index in [2.05, 4.69) is 14.8 Å². The van der Waals surface area contributed by atoms with Gasteiger partial charge in [-0.2, -0.15) is 0 Å². The summed E-state index contributed by atoms with van der Waals surface area (Å²) < 4.78 is 51.8. The largest absolute Gasteiger partial charge is 0.510 e. The lowest BCUT2D eigenvalue weighted by atomic mass is 10.2. The third kappa shape index (κ3) is 7.52. The van der Waals surface area contributed by atoms with E-state index in [9.17, 15) is 52.3 Å². The second-order valence-corrected chi connectivity index (χ2v) is 13.5. The maximum absolute atomic E-state index is 15.0. The number of carbonyl (C=O) groups excluding carboxylic acids is 4. The summed E-state index contributed by atoms with van der Waals surface area (Å²) in [5.41, 5.74) is 0.463. The molecule has 0 spiro atoms. The Labute approximate surface area is 232 Å². The molecule has 0 radical (unpaired) electrons. The molecule has 2 aliphatic heterocycles. The fraction of sp³-hybridized carbons (Fsp3) is 0.524. The molecule has 2 heterocycles. The first-order chi connectivity index (χ1) is 18.9. The number of rotatable bonds is 9. The van der Waals surface area contributed by atoms with Gasteiger partial charge in [-0.1, -0.05) is 0 Å². The molecule has 0 unspecified atom stereocenters. The first kappa shape index (κ1) is 32.2. The third-order valence-corrected chi connectivity index (χ3v) is 10.2. The SMILES string of the molecule is CC(=O)NC[C@H]1CN(c2ccc(N3CCN(C(=O)COC(=O)OC(C)(P(=O)(O)O)P(=O)(O)O)CC3)c(F)c2)C(=O)O1. The molecule has 0 bridgehead atoms. The van der Waals surface area contributed by atoms with Crippen LogP contribution in [0, 0.1) is 5.82 Å². The van der Waals surface area contributed by atoms with E-state index < -0.39 is 57.0 Å². The highest BCUT2D eigenvalue weighted by atomic mass is 31.2. The van der Waals surface area contributed by atoms with Crippen molar-refractivity contribution in [2.75, 3.05) is 55.7 Å². The first-order valence-electron chi connectivity index (χ1n) is 11.9. The smallest absolute Gasteiger partial charge is 0.442 e. The van der Waals surface area contributed by atoms with Crippen molar-refractivity contribution < 1.29 is 66.5 Å². The quantitative estimate of drug-likeness (QED) is 0.181. The van der Waals surface area contributed by atoms with Gasteiger partial charge in [-0.05, 0) is 25.1 Å². The molecule has 1 aromatic rings. The van der Waals surface area contributed by atoms with Gasteiger partial charge in [0, 0.05) is 33.1 Å². The van der Waals surface area contributed by atoms with Gasteiger partial charge >= 0.3 is 32.5 Å². The van der Waals surface area contributed by atoms with Gasteiger partial charge in [0.05, 0.1) is 24.5 Å². The topological polar surface area (TPSA) is 233 Å². The summed E-state index contributed by atoms with van der Waals surface area (Å²) in [7, 11) is -11.3. The Bertz CT molecular complexity index is 1270. The number of nitrogens with one attached hydrogen (secondary N) is 1. The number of halogens is 1. The van der Waals surface area contributed by atoms with Crippen LogP contribution >= 0.6 is 15.2 Å². The Balaban J connectivity index is 1.52. The second kappa shape index (κ2) is 12.3. The van der Waals surface area contributed by atoms with Crippen molar-refractivity contribution in [1.82, 2.24) is 10.2 Å². The lowest BCUT2D eigenvalue weighted by Crippen LogP contribution is -2.50. The number of hydrogen-bond acceptors (Lipinski definition) is 10. The van der Waals surface area contributed by atoms with Crippen molar-refractivity contribution in [2.45, 2.75) is 25.0 Å². The molecule has 0 saturated carbocycles. The lowest BCUT2D eigenvalue weighted by molar-refractivity contribution is -0.135. The average molecular weight is 626 g/mol. The van der Waals surface area contributed by atoms with Crippen LogP contribution in [0.15, 0.2) is 18.2 Å². The van der Waals surface area contributed by atoms with E-state index in [1.54, 1.807) is 4.90 Å². The number of nitrogens with zero attached hydrogens (tertiary/aromatic N) is 3. The molecule has 2 aliphatic rings. The Kier molecular flexibility index (Phi) is 9.68. The van der Waals surface area contributed by atoms with Gasteiger partial charge < -0.3 is 48.9 Å². The van der Waals surface area contributed by atoms with Crippen LogP contribution < -0.4 is 15.1 Å².